The predicted octanol–water partition coefficient (Wildman–Crippen LogP) is -0.301. The van der Waals surface area contributed by atoms with Crippen molar-refractivity contribution in [3.8, 4) is 0 Å². The lowest BCUT2D eigenvalue weighted by molar-refractivity contribution is -0.384. The summed E-state index contributed by atoms with van der Waals surface area (Å²) in [6.07, 6.45) is -1.80. The molecular formula is C11H12N2O6. The number of aliphatic hydroxyl groups excluding tert-OH is 1. The van der Waals surface area contributed by atoms with E-state index in [0.29, 0.717) is 5.56 Å². The maximum absolute atomic E-state index is 11.4. The molecule has 102 valence electrons. The van der Waals surface area contributed by atoms with Crippen molar-refractivity contribution in [3.63, 3.8) is 0 Å². The Morgan fingerprint density at radius 3 is 2.68 bits per heavy atom. The molecule has 0 aromatic heterocycles. The van der Waals surface area contributed by atoms with E-state index in [2.05, 4.69) is 5.32 Å². The zero-order chi connectivity index (χ0) is 14.4. The minimum atomic E-state index is -1.67. The quantitative estimate of drug-likeness (QED) is 0.479. The number of amides is 1. The van der Waals surface area contributed by atoms with Gasteiger partial charge in [-0.05, 0) is 5.56 Å². The lowest BCUT2D eigenvalue weighted by atomic mass is 10.1. The molecule has 1 atom stereocenters. The van der Waals surface area contributed by atoms with Gasteiger partial charge in [-0.2, -0.15) is 0 Å². The number of aliphatic hydroxyl groups is 1. The minimum absolute atomic E-state index is 0.129. The van der Waals surface area contributed by atoms with Crippen LogP contribution in [0.25, 0.3) is 0 Å². The number of nitrogens with zero attached hydrogens (tertiary/aromatic N) is 1. The molecular weight excluding hydrogens is 256 g/mol. The van der Waals surface area contributed by atoms with E-state index in [0.717, 1.165) is 0 Å². The van der Waals surface area contributed by atoms with Crippen LogP contribution in [0.3, 0.4) is 0 Å². The monoisotopic (exact) mass is 268 g/mol. The molecule has 0 radical (unpaired) electrons. The largest absolute Gasteiger partial charge is 0.479 e. The summed E-state index contributed by atoms with van der Waals surface area (Å²) in [5.74, 6) is -1.96. The minimum Gasteiger partial charge on any atom is -0.479 e. The van der Waals surface area contributed by atoms with Gasteiger partial charge in [-0.1, -0.05) is 12.1 Å². The standard InChI is InChI=1S/C11H12N2O6/c14-9(11(16)17)6-12-10(15)5-7-2-1-3-8(4-7)13(18)19/h1-4,9,14H,5-6H2,(H,12,15)(H,16,17). The molecule has 1 amide bonds. The van der Waals surface area contributed by atoms with Gasteiger partial charge in [0.1, 0.15) is 0 Å². The number of carboxylic acids is 1. The summed E-state index contributed by atoms with van der Waals surface area (Å²) >= 11 is 0. The van der Waals surface area contributed by atoms with Gasteiger partial charge in [-0.15, -0.1) is 0 Å². The Balaban J connectivity index is 2.55. The first-order valence-electron chi connectivity index (χ1n) is 5.31. The number of rotatable bonds is 6. The zero-order valence-corrected chi connectivity index (χ0v) is 9.78. The maximum Gasteiger partial charge on any atom is 0.334 e. The molecule has 19 heavy (non-hydrogen) atoms. The van der Waals surface area contributed by atoms with Gasteiger partial charge in [0.05, 0.1) is 17.9 Å². The summed E-state index contributed by atoms with van der Waals surface area (Å²) in [5, 5.41) is 30.1. The SMILES string of the molecule is O=C(Cc1cccc([N+](=O)[O-])c1)NCC(O)C(=O)O. The van der Waals surface area contributed by atoms with E-state index in [1.807, 2.05) is 0 Å². The summed E-state index contributed by atoms with van der Waals surface area (Å²) in [7, 11) is 0. The molecule has 0 heterocycles. The van der Waals surface area contributed by atoms with Crippen LogP contribution in [0, 0.1) is 10.1 Å². The van der Waals surface area contributed by atoms with Gasteiger partial charge in [-0.25, -0.2) is 4.79 Å². The Morgan fingerprint density at radius 2 is 2.11 bits per heavy atom. The highest BCUT2D eigenvalue weighted by molar-refractivity contribution is 5.80. The Hall–Kier alpha value is -2.48. The fraction of sp³-hybridized carbons (Fsp3) is 0.273. The molecule has 0 spiro atoms. The molecule has 1 unspecified atom stereocenters. The molecule has 0 fully saturated rings. The van der Waals surface area contributed by atoms with Crippen LogP contribution in [0.5, 0.6) is 0 Å². The summed E-state index contributed by atoms with van der Waals surface area (Å²) in [6, 6.07) is 5.55. The Labute approximate surface area is 107 Å². The first-order chi connectivity index (χ1) is 8.90. The highest BCUT2D eigenvalue weighted by Crippen LogP contribution is 2.13. The van der Waals surface area contributed by atoms with Crippen LogP contribution >= 0.6 is 0 Å². The molecule has 0 aliphatic carbocycles. The van der Waals surface area contributed by atoms with Crippen molar-refractivity contribution in [1.29, 1.82) is 0 Å². The molecule has 0 saturated carbocycles. The maximum atomic E-state index is 11.4. The van der Waals surface area contributed by atoms with Crippen molar-refractivity contribution in [3.05, 3.63) is 39.9 Å². The molecule has 0 saturated heterocycles. The van der Waals surface area contributed by atoms with Crippen LogP contribution in [0.15, 0.2) is 24.3 Å². The van der Waals surface area contributed by atoms with Gasteiger partial charge in [-0.3, -0.25) is 14.9 Å². The summed E-state index contributed by atoms with van der Waals surface area (Å²) < 4.78 is 0. The van der Waals surface area contributed by atoms with E-state index in [1.165, 1.54) is 18.2 Å². The number of nitrogens with one attached hydrogen (secondary N) is 1. The van der Waals surface area contributed by atoms with Crippen LogP contribution in [0.2, 0.25) is 0 Å². The number of carbonyl (C=O) groups excluding carboxylic acids is 1. The number of benzene rings is 1. The molecule has 1 aromatic carbocycles. The fourth-order valence-electron chi connectivity index (χ4n) is 1.33. The lowest BCUT2D eigenvalue weighted by Crippen LogP contribution is -2.37. The molecule has 8 heteroatoms. The van der Waals surface area contributed by atoms with Crippen LogP contribution in [-0.2, 0) is 16.0 Å². The number of aliphatic carboxylic acids is 1. The van der Waals surface area contributed by atoms with E-state index in [-0.39, 0.29) is 12.1 Å². The first-order valence-corrected chi connectivity index (χ1v) is 5.31. The smallest absolute Gasteiger partial charge is 0.334 e. The number of hydrogen-bond donors (Lipinski definition) is 3. The van der Waals surface area contributed by atoms with Crippen molar-refractivity contribution < 1.29 is 24.7 Å². The molecule has 0 aliphatic heterocycles. The summed E-state index contributed by atoms with van der Waals surface area (Å²) in [6.45, 7) is -0.414. The van der Waals surface area contributed by atoms with Crippen molar-refractivity contribution in [2.45, 2.75) is 12.5 Å². The second-order valence-electron chi connectivity index (χ2n) is 3.76. The predicted molar refractivity (Wildman–Crippen MR) is 63.5 cm³/mol. The zero-order valence-electron chi connectivity index (χ0n) is 9.78. The second-order valence-corrected chi connectivity index (χ2v) is 3.76. The number of carbonyl (C=O) groups is 2. The van der Waals surface area contributed by atoms with E-state index in [4.69, 9.17) is 10.2 Å². The van der Waals surface area contributed by atoms with Gasteiger partial charge in [0.2, 0.25) is 5.91 Å². The molecule has 3 N–H and O–H groups in total. The van der Waals surface area contributed by atoms with Gasteiger partial charge < -0.3 is 15.5 Å². The van der Waals surface area contributed by atoms with Gasteiger partial charge in [0.15, 0.2) is 6.10 Å². The molecule has 0 bridgehead atoms. The van der Waals surface area contributed by atoms with Crippen LogP contribution in [0.1, 0.15) is 5.56 Å². The summed E-state index contributed by atoms with van der Waals surface area (Å²) in [5.41, 5.74) is 0.299. The Bertz CT molecular complexity index is 502. The first kappa shape index (κ1) is 14.6. The van der Waals surface area contributed by atoms with Gasteiger partial charge in [0, 0.05) is 12.1 Å². The molecule has 0 aliphatic rings. The Morgan fingerprint density at radius 1 is 1.42 bits per heavy atom. The summed E-state index contributed by atoms with van der Waals surface area (Å²) in [4.78, 5) is 31.7. The van der Waals surface area contributed by atoms with Crippen molar-refractivity contribution >= 4 is 17.6 Å². The molecule has 1 aromatic rings. The lowest BCUT2D eigenvalue weighted by Gasteiger charge is -2.07. The number of nitro benzene ring substituents is 1. The molecule has 8 nitrogen and oxygen atoms in total. The van der Waals surface area contributed by atoms with Crippen molar-refractivity contribution in [1.82, 2.24) is 5.32 Å². The molecule has 1 rings (SSSR count). The highest BCUT2D eigenvalue weighted by Gasteiger charge is 2.14. The van der Waals surface area contributed by atoms with Crippen LogP contribution in [0.4, 0.5) is 5.69 Å². The Kier molecular flexibility index (Phi) is 4.95. The second kappa shape index (κ2) is 6.45. The topological polar surface area (TPSA) is 130 Å². The third-order valence-electron chi connectivity index (χ3n) is 2.26. The fourth-order valence-corrected chi connectivity index (χ4v) is 1.33. The number of non-ortho nitro benzene ring substituents is 1. The van der Waals surface area contributed by atoms with Crippen molar-refractivity contribution in [2.75, 3.05) is 6.54 Å². The van der Waals surface area contributed by atoms with E-state index < -0.39 is 29.4 Å². The third-order valence-corrected chi connectivity index (χ3v) is 2.26. The van der Waals surface area contributed by atoms with Crippen molar-refractivity contribution in [2.24, 2.45) is 0 Å². The van der Waals surface area contributed by atoms with Crippen LogP contribution < -0.4 is 5.32 Å². The third kappa shape index (κ3) is 4.72. The van der Waals surface area contributed by atoms with E-state index in [9.17, 15) is 19.7 Å². The van der Waals surface area contributed by atoms with E-state index in [1.54, 1.807) is 6.07 Å². The highest BCUT2D eigenvalue weighted by atomic mass is 16.6. The normalized spacial score (nSPS) is 11.6. The van der Waals surface area contributed by atoms with E-state index >= 15 is 0 Å². The van der Waals surface area contributed by atoms with Gasteiger partial charge >= 0.3 is 5.97 Å². The average molecular weight is 268 g/mol. The number of hydrogen-bond acceptors (Lipinski definition) is 5. The number of carboxylic acid groups (broad SMARTS) is 1. The average Bonchev–Trinajstić information content (AvgIpc) is 2.36. The van der Waals surface area contributed by atoms with Crippen LogP contribution in [-0.4, -0.2) is 39.7 Å². The number of nitro groups is 1. The van der Waals surface area contributed by atoms with Gasteiger partial charge in [0.25, 0.3) is 5.69 Å².